The van der Waals surface area contributed by atoms with Gasteiger partial charge in [-0.2, -0.15) is 0 Å². The topological polar surface area (TPSA) is 35.2 Å². The van der Waals surface area contributed by atoms with Gasteiger partial charge in [0.05, 0.1) is 6.67 Å². The minimum absolute atomic E-state index is 0.0436. The molecule has 0 aromatic heterocycles. The maximum Gasteiger partial charge on any atom is 0.573 e. The molecule has 1 aromatic rings. The molecule has 0 spiro atoms. The number of halogens is 5. The summed E-state index contributed by atoms with van der Waals surface area (Å²) >= 11 is 3.04. The zero-order valence-electron chi connectivity index (χ0n) is 8.60. The number of benzene rings is 1. The molecule has 0 radical (unpaired) electrons. The highest BCUT2D eigenvalue weighted by Gasteiger charge is 2.31. The van der Waals surface area contributed by atoms with Crippen LogP contribution < -0.4 is 10.5 Å². The second-order valence-electron chi connectivity index (χ2n) is 3.35. The zero-order chi connectivity index (χ0) is 13.1. The normalized spacial score (nSPS) is 13.5. The van der Waals surface area contributed by atoms with Gasteiger partial charge in [-0.25, -0.2) is 0 Å². The predicted molar refractivity (Wildman–Crippen MR) is 58.3 cm³/mol. The van der Waals surface area contributed by atoms with Gasteiger partial charge in [-0.15, -0.1) is 13.2 Å². The van der Waals surface area contributed by atoms with Crippen LogP contribution in [0.1, 0.15) is 18.0 Å². The minimum Gasteiger partial charge on any atom is -0.406 e. The Morgan fingerprint density at radius 1 is 1.29 bits per heavy atom. The molecule has 2 N–H and O–H groups in total. The Bertz CT molecular complexity index is 383. The van der Waals surface area contributed by atoms with Crippen molar-refractivity contribution in [3.8, 4) is 5.75 Å². The predicted octanol–water partition coefficient (Wildman–Crippen LogP) is 3.71. The molecule has 0 aliphatic carbocycles. The van der Waals surface area contributed by atoms with Crippen LogP contribution in [-0.4, -0.2) is 13.0 Å². The third-order valence-corrected chi connectivity index (χ3v) is 2.43. The highest BCUT2D eigenvalue weighted by atomic mass is 79.9. The number of ether oxygens (including phenoxy) is 1. The monoisotopic (exact) mass is 315 g/mol. The Kier molecular flexibility index (Phi) is 4.76. The summed E-state index contributed by atoms with van der Waals surface area (Å²) in [6.45, 7) is -0.636. The van der Waals surface area contributed by atoms with Gasteiger partial charge in [-0.05, 0) is 30.2 Å². The van der Waals surface area contributed by atoms with Crippen molar-refractivity contribution >= 4 is 15.9 Å². The summed E-state index contributed by atoms with van der Waals surface area (Å²) in [7, 11) is 0. The molecule has 0 unspecified atom stereocenters. The molecule has 7 heteroatoms. The van der Waals surface area contributed by atoms with Gasteiger partial charge in [-0.1, -0.05) is 15.9 Å². The molecule has 2 nitrogen and oxygen atoms in total. The first-order chi connectivity index (χ1) is 7.81. The second kappa shape index (κ2) is 5.68. The van der Waals surface area contributed by atoms with Gasteiger partial charge in [0.2, 0.25) is 0 Å². The molecule has 1 aromatic carbocycles. The lowest BCUT2D eigenvalue weighted by Crippen LogP contribution is -2.18. The SMILES string of the molecule is N[C@@H](CCF)c1cc(Br)cc(OC(F)(F)F)c1. The maximum absolute atomic E-state index is 12.1. The van der Waals surface area contributed by atoms with Crippen LogP contribution in [0.25, 0.3) is 0 Å². The van der Waals surface area contributed by atoms with Crippen LogP contribution in [0.4, 0.5) is 17.6 Å². The van der Waals surface area contributed by atoms with E-state index < -0.39 is 19.1 Å². The first kappa shape index (κ1) is 14.2. The smallest absolute Gasteiger partial charge is 0.406 e. The quantitative estimate of drug-likeness (QED) is 0.860. The second-order valence-corrected chi connectivity index (χ2v) is 4.27. The summed E-state index contributed by atoms with van der Waals surface area (Å²) in [6.07, 6.45) is -4.72. The van der Waals surface area contributed by atoms with Gasteiger partial charge in [0, 0.05) is 10.5 Å². The maximum atomic E-state index is 12.1. The molecule has 17 heavy (non-hydrogen) atoms. The lowest BCUT2D eigenvalue weighted by molar-refractivity contribution is -0.274. The van der Waals surface area contributed by atoms with Crippen LogP contribution in [-0.2, 0) is 0 Å². The molecule has 1 rings (SSSR count). The van der Waals surface area contributed by atoms with E-state index in [0.29, 0.717) is 10.0 Å². The van der Waals surface area contributed by atoms with Crippen LogP contribution in [0.3, 0.4) is 0 Å². The van der Waals surface area contributed by atoms with Crippen LogP contribution in [0.5, 0.6) is 5.75 Å². The zero-order valence-corrected chi connectivity index (χ0v) is 10.2. The van der Waals surface area contributed by atoms with Gasteiger partial charge in [0.15, 0.2) is 0 Å². The molecular formula is C10H10BrF4NO. The average Bonchev–Trinajstić information content (AvgIpc) is 2.14. The molecule has 0 aliphatic rings. The standard InChI is InChI=1S/C10H10BrF4NO/c11-7-3-6(9(16)1-2-12)4-8(5-7)17-10(13,14)15/h3-5,9H,1-2,16H2/t9-/m0/s1. The lowest BCUT2D eigenvalue weighted by atomic mass is 10.1. The molecule has 1 atom stereocenters. The number of hydrogen-bond donors (Lipinski definition) is 1. The Morgan fingerprint density at radius 3 is 2.47 bits per heavy atom. The molecule has 0 heterocycles. The summed E-state index contributed by atoms with van der Waals surface area (Å²) in [5.74, 6) is -0.379. The number of nitrogens with two attached hydrogens (primary N) is 1. The highest BCUT2D eigenvalue weighted by molar-refractivity contribution is 9.10. The van der Waals surface area contributed by atoms with Crippen molar-refractivity contribution in [2.24, 2.45) is 5.73 Å². The van der Waals surface area contributed by atoms with E-state index >= 15 is 0 Å². The molecule has 0 aliphatic heterocycles. The van der Waals surface area contributed by atoms with E-state index in [0.717, 1.165) is 6.07 Å². The average molecular weight is 316 g/mol. The third-order valence-electron chi connectivity index (χ3n) is 1.98. The van der Waals surface area contributed by atoms with Crippen molar-refractivity contribution in [1.29, 1.82) is 0 Å². The van der Waals surface area contributed by atoms with Crippen molar-refractivity contribution in [3.05, 3.63) is 28.2 Å². The summed E-state index contributed by atoms with van der Waals surface area (Å²) in [6, 6.07) is 3.19. The number of hydrogen-bond acceptors (Lipinski definition) is 2. The summed E-state index contributed by atoms with van der Waals surface area (Å²) in [5, 5.41) is 0. The van der Waals surface area contributed by atoms with Gasteiger partial charge in [0.25, 0.3) is 0 Å². The van der Waals surface area contributed by atoms with Crippen LogP contribution in [0, 0.1) is 0 Å². The molecular weight excluding hydrogens is 306 g/mol. The van der Waals surface area contributed by atoms with E-state index in [1.165, 1.54) is 12.1 Å². The molecule has 0 bridgehead atoms. The van der Waals surface area contributed by atoms with Crippen molar-refractivity contribution in [3.63, 3.8) is 0 Å². The number of rotatable bonds is 4. The Labute approximate surface area is 104 Å². The Morgan fingerprint density at radius 2 is 1.94 bits per heavy atom. The van der Waals surface area contributed by atoms with Crippen molar-refractivity contribution in [1.82, 2.24) is 0 Å². The number of alkyl halides is 4. The first-order valence-corrected chi connectivity index (χ1v) is 5.49. The minimum atomic E-state index is -4.76. The van der Waals surface area contributed by atoms with Crippen molar-refractivity contribution < 1.29 is 22.3 Å². The van der Waals surface area contributed by atoms with Crippen molar-refractivity contribution in [2.45, 2.75) is 18.8 Å². The van der Waals surface area contributed by atoms with Crippen LogP contribution >= 0.6 is 15.9 Å². The van der Waals surface area contributed by atoms with Gasteiger partial charge in [0.1, 0.15) is 5.75 Å². The third kappa shape index (κ3) is 4.91. The van der Waals surface area contributed by atoms with Crippen LogP contribution in [0.15, 0.2) is 22.7 Å². The molecule has 0 amide bonds. The van der Waals surface area contributed by atoms with Crippen molar-refractivity contribution in [2.75, 3.05) is 6.67 Å². The van der Waals surface area contributed by atoms with Gasteiger partial charge in [-0.3, -0.25) is 4.39 Å². The summed E-state index contributed by atoms with van der Waals surface area (Å²) < 4.78 is 52.3. The van der Waals surface area contributed by atoms with Crippen LogP contribution in [0.2, 0.25) is 0 Å². The first-order valence-electron chi connectivity index (χ1n) is 4.69. The Hall–Kier alpha value is -0.820. The van der Waals surface area contributed by atoms with Gasteiger partial charge >= 0.3 is 6.36 Å². The van der Waals surface area contributed by atoms with E-state index in [9.17, 15) is 17.6 Å². The fraction of sp³-hybridized carbons (Fsp3) is 0.400. The molecule has 0 saturated carbocycles. The van der Waals surface area contributed by atoms with E-state index in [-0.39, 0.29) is 12.2 Å². The van der Waals surface area contributed by atoms with Gasteiger partial charge < -0.3 is 10.5 Å². The lowest BCUT2D eigenvalue weighted by Gasteiger charge is -2.14. The highest BCUT2D eigenvalue weighted by Crippen LogP contribution is 2.29. The van der Waals surface area contributed by atoms with E-state index in [1.54, 1.807) is 0 Å². The summed E-state index contributed by atoms with van der Waals surface area (Å²) in [5.41, 5.74) is 5.99. The van der Waals surface area contributed by atoms with E-state index in [1.807, 2.05) is 0 Å². The fourth-order valence-electron chi connectivity index (χ4n) is 1.28. The Balaban J connectivity index is 2.94. The van der Waals surface area contributed by atoms with E-state index in [4.69, 9.17) is 5.73 Å². The largest absolute Gasteiger partial charge is 0.573 e. The fourth-order valence-corrected chi connectivity index (χ4v) is 1.77. The van der Waals surface area contributed by atoms with E-state index in [2.05, 4.69) is 20.7 Å². The summed E-state index contributed by atoms with van der Waals surface area (Å²) in [4.78, 5) is 0. The molecule has 0 saturated heterocycles. The molecule has 0 fully saturated rings. The molecule has 96 valence electrons.